The van der Waals surface area contributed by atoms with Crippen LogP contribution in [0.3, 0.4) is 0 Å². The van der Waals surface area contributed by atoms with Crippen LogP contribution in [0.25, 0.3) is 0 Å². The summed E-state index contributed by atoms with van der Waals surface area (Å²) in [4.78, 5) is 36.1. The van der Waals surface area contributed by atoms with Crippen molar-refractivity contribution in [3.8, 4) is 5.75 Å². The largest absolute Gasteiger partial charge is 0.491 e. The molecular formula is C21H28N4O4. The van der Waals surface area contributed by atoms with Gasteiger partial charge in [-0.05, 0) is 24.6 Å². The Kier molecular flexibility index (Phi) is 6.68. The number of ketones is 1. The number of urea groups is 1. The van der Waals surface area contributed by atoms with E-state index >= 15 is 0 Å². The molecule has 29 heavy (non-hydrogen) atoms. The summed E-state index contributed by atoms with van der Waals surface area (Å²) in [5.41, 5.74) is 6.46. The number of hydrogen-bond donors (Lipinski definition) is 4. The Hall–Kier alpha value is -3.29. The molecule has 1 aliphatic rings. The number of hydrogen-bond acceptors (Lipinski definition) is 5. The van der Waals surface area contributed by atoms with Crippen LogP contribution in [-0.2, 0) is 16.0 Å². The molecule has 156 valence electrons. The van der Waals surface area contributed by atoms with E-state index < -0.39 is 17.4 Å². The van der Waals surface area contributed by atoms with Gasteiger partial charge in [-0.2, -0.15) is 0 Å². The van der Waals surface area contributed by atoms with Gasteiger partial charge in [0, 0.05) is 11.8 Å². The van der Waals surface area contributed by atoms with Crippen molar-refractivity contribution < 1.29 is 19.1 Å². The summed E-state index contributed by atoms with van der Waals surface area (Å²) in [7, 11) is 0. The van der Waals surface area contributed by atoms with Crippen LogP contribution in [0.2, 0.25) is 0 Å². The van der Waals surface area contributed by atoms with E-state index in [9.17, 15) is 14.4 Å². The predicted molar refractivity (Wildman–Crippen MR) is 110 cm³/mol. The molecule has 3 amide bonds. The van der Waals surface area contributed by atoms with E-state index in [2.05, 4.69) is 22.5 Å². The zero-order valence-electron chi connectivity index (χ0n) is 17.2. The second-order valence-corrected chi connectivity index (χ2v) is 8.03. The third-order valence-corrected chi connectivity index (χ3v) is 4.30. The van der Waals surface area contributed by atoms with Gasteiger partial charge in [-0.25, -0.2) is 4.79 Å². The number of rotatable bonds is 7. The van der Waals surface area contributed by atoms with Crippen molar-refractivity contribution in [3.05, 3.63) is 53.5 Å². The lowest BCUT2D eigenvalue weighted by Crippen LogP contribution is -2.49. The SMILES string of the molecule is C=C1NC(=O)NC(C(=O)N[C@H](C)COc2cccc(CC(=O)C(C)(C)C)c2)=C1N. The highest BCUT2D eigenvalue weighted by molar-refractivity contribution is 6.00. The Labute approximate surface area is 170 Å². The van der Waals surface area contributed by atoms with Gasteiger partial charge < -0.3 is 26.4 Å². The van der Waals surface area contributed by atoms with Gasteiger partial charge in [0.15, 0.2) is 0 Å². The van der Waals surface area contributed by atoms with Crippen molar-refractivity contribution in [3.63, 3.8) is 0 Å². The number of carbonyl (C=O) groups excluding carboxylic acids is 3. The molecule has 0 saturated carbocycles. The molecule has 0 spiro atoms. The molecule has 1 aromatic rings. The maximum Gasteiger partial charge on any atom is 0.323 e. The molecular weight excluding hydrogens is 372 g/mol. The Morgan fingerprint density at radius 2 is 1.97 bits per heavy atom. The third kappa shape index (κ3) is 6.10. The molecule has 5 N–H and O–H groups in total. The number of amides is 3. The molecule has 0 aromatic heterocycles. The van der Waals surface area contributed by atoms with E-state index in [1.807, 2.05) is 39.0 Å². The average Bonchev–Trinajstić information content (AvgIpc) is 2.62. The van der Waals surface area contributed by atoms with E-state index in [1.54, 1.807) is 13.0 Å². The van der Waals surface area contributed by atoms with Crippen LogP contribution < -0.4 is 26.4 Å². The van der Waals surface area contributed by atoms with Crippen molar-refractivity contribution in [1.82, 2.24) is 16.0 Å². The lowest BCUT2D eigenvalue weighted by Gasteiger charge is -2.22. The van der Waals surface area contributed by atoms with E-state index in [0.29, 0.717) is 12.2 Å². The van der Waals surface area contributed by atoms with Crippen molar-refractivity contribution in [2.45, 2.75) is 40.2 Å². The fourth-order valence-corrected chi connectivity index (χ4v) is 2.50. The minimum atomic E-state index is -0.570. The van der Waals surface area contributed by atoms with Gasteiger partial charge in [0.05, 0.1) is 17.4 Å². The number of Topliss-reactive ketones (excluding diaryl/α,β-unsaturated/α-hetero) is 1. The topological polar surface area (TPSA) is 123 Å². The molecule has 8 nitrogen and oxygen atoms in total. The first-order valence-electron chi connectivity index (χ1n) is 9.30. The van der Waals surface area contributed by atoms with Gasteiger partial charge in [0.25, 0.3) is 5.91 Å². The van der Waals surface area contributed by atoms with Crippen LogP contribution in [0.4, 0.5) is 4.79 Å². The third-order valence-electron chi connectivity index (χ3n) is 4.30. The first-order valence-corrected chi connectivity index (χ1v) is 9.30. The van der Waals surface area contributed by atoms with Crippen LogP contribution in [0.1, 0.15) is 33.3 Å². The summed E-state index contributed by atoms with van der Waals surface area (Å²) < 4.78 is 5.74. The zero-order valence-corrected chi connectivity index (χ0v) is 17.2. The smallest absolute Gasteiger partial charge is 0.323 e. The molecule has 0 radical (unpaired) electrons. The number of nitrogens with two attached hydrogens (primary N) is 1. The number of ether oxygens (including phenoxy) is 1. The molecule has 1 aromatic carbocycles. The molecule has 8 heteroatoms. The van der Waals surface area contributed by atoms with Crippen LogP contribution in [0.15, 0.2) is 47.9 Å². The van der Waals surface area contributed by atoms with Crippen LogP contribution in [-0.4, -0.2) is 30.4 Å². The minimum Gasteiger partial charge on any atom is -0.491 e. The standard InChI is InChI=1S/C21H28N4O4/c1-12(23-19(27)18-17(22)13(2)24-20(28)25-18)11-29-15-8-6-7-14(9-15)10-16(26)21(3,4)5/h6-9,12H,2,10-11,22H2,1,3-5H3,(H,23,27)(H2,24,25,28)/t12-/m1/s1. The van der Waals surface area contributed by atoms with Crippen LogP contribution in [0.5, 0.6) is 5.75 Å². The normalized spacial score (nSPS) is 15.3. The van der Waals surface area contributed by atoms with E-state index in [1.165, 1.54) is 0 Å². The van der Waals surface area contributed by atoms with Crippen LogP contribution >= 0.6 is 0 Å². The number of benzene rings is 1. The predicted octanol–water partition coefficient (Wildman–Crippen LogP) is 1.72. The molecule has 1 aliphatic heterocycles. The maximum atomic E-state index is 12.4. The first-order chi connectivity index (χ1) is 13.5. The molecule has 2 rings (SSSR count). The van der Waals surface area contributed by atoms with Crippen LogP contribution in [0, 0.1) is 5.41 Å². The van der Waals surface area contributed by atoms with Gasteiger partial charge in [-0.15, -0.1) is 0 Å². The monoisotopic (exact) mass is 400 g/mol. The van der Waals surface area contributed by atoms with Crippen molar-refractivity contribution in [2.75, 3.05) is 6.61 Å². The van der Waals surface area contributed by atoms with E-state index in [0.717, 1.165) is 5.56 Å². The Morgan fingerprint density at radius 3 is 2.62 bits per heavy atom. The average molecular weight is 400 g/mol. The molecule has 0 bridgehead atoms. The minimum absolute atomic E-state index is 0.0479. The van der Waals surface area contributed by atoms with Crippen molar-refractivity contribution in [2.24, 2.45) is 11.1 Å². The zero-order chi connectivity index (χ0) is 21.8. The second kappa shape index (κ2) is 8.81. The molecule has 0 fully saturated rings. The molecule has 0 unspecified atom stereocenters. The summed E-state index contributed by atoms with van der Waals surface area (Å²) in [5.74, 6) is 0.221. The van der Waals surface area contributed by atoms with Crippen molar-refractivity contribution >= 4 is 17.7 Å². The second-order valence-electron chi connectivity index (χ2n) is 8.03. The number of carbonyl (C=O) groups is 3. The Morgan fingerprint density at radius 1 is 1.28 bits per heavy atom. The van der Waals surface area contributed by atoms with Gasteiger partial charge in [-0.3, -0.25) is 9.59 Å². The fourth-order valence-electron chi connectivity index (χ4n) is 2.50. The lowest BCUT2D eigenvalue weighted by molar-refractivity contribution is -0.125. The lowest BCUT2D eigenvalue weighted by atomic mass is 9.87. The summed E-state index contributed by atoms with van der Waals surface area (Å²) >= 11 is 0. The van der Waals surface area contributed by atoms with Crippen molar-refractivity contribution in [1.29, 1.82) is 0 Å². The quantitative estimate of drug-likeness (QED) is 0.555. The van der Waals surface area contributed by atoms with Gasteiger partial charge in [0.1, 0.15) is 23.8 Å². The number of nitrogens with one attached hydrogen (secondary N) is 3. The Balaban J connectivity index is 1.93. The molecule has 0 aliphatic carbocycles. The molecule has 1 heterocycles. The highest BCUT2D eigenvalue weighted by Gasteiger charge is 2.25. The van der Waals surface area contributed by atoms with E-state index in [4.69, 9.17) is 10.5 Å². The van der Waals surface area contributed by atoms with Gasteiger partial charge in [-0.1, -0.05) is 39.5 Å². The Bertz CT molecular complexity index is 868. The maximum absolute atomic E-state index is 12.4. The van der Waals surface area contributed by atoms with E-state index in [-0.39, 0.29) is 35.5 Å². The van der Waals surface area contributed by atoms with Gasteiger partial charge >= 0.3 is 6.03 Å². The highest BCUT2D eigenvalue weighted by Crippen LogP contribution is 2.20. The summed E-state index contributed by atoms with van der Waals surface area (Å²) in [5, 5.41) is 7.48. The summed E-state index contributed by atoms with van der Waals surface area (Å²) in [6, 6.07) is 6.38. The summed E-state index contributed by atoms with van der Waals surface area (Å²) in [6.07, 6.45) is 0.331. The molecule has 0 saturated heterocycles. The van der Waals surface area contributed by atoms with Gasteiger partial charge in [0.2, 0.25) is 0 Å². The highest BCUT2D eigenvalue weighted by atomic mass is 16.5. The fraction of sp³-hybridized carbons (Fsp3) is 0.381. The first kappa shape index (κ1) is 22.0. The molecule has 1 atom stereocenters. The summed E-state index contributed by atoms with van der Waals surface area (Å²) in [6.45, 7) is 11.2.